The summed E-state index contributed by atoms with van der Waals surface area (Å²) in [7, 11) is 1.56. The molecular weight excluding hydrogens is 556 g/mol. The van der Waals surface area contributed by atoms with E-state index in [0.29, 0.717) is 18.7 Å². The van der Waals surface area contributed by atoms with Crippen LogP contribution in [-0.4, -0.2) is 59.2 Å². The lowest BCUT2D eigenvalue weighted by atomic mass is 9.97. The highest BCUT2D eigenvalue weighted by molar-refractivity contribution is 5.95. The zero-order valence-electron chi connectivity index (χ0n) is 25.7. The van der Waals surface area contributed by atoms with E-state index in [1.807, 2.05) is 92.8 Å². The maximum Gasteiger partial charge on any atom is 0.318 e. The van der Waals surface area contributed by atoms with Crippen LogP contribution in [0.5, 0.6) is 0 Å². The summed E-state index contributed by atoms with van der Waals surface area (Å²) >= 11 is 0. The normalized spacial score (nSPS) is 12.8. The Kier molecular flexibility index (Phi) is 10.8. The minimum Gasteiger partial charge on any atom is -0.392 e. The van der Waals surface area contributed by atoms with E-state index in [-0.39, 0.29) is 30.8 Å². The fraction of sp³-hybridized carbons (Fsp3) is 0.324. The summed E-state index contributed by atoms with van der Waals surface area (Å²) in [6.07, 6.45) is 1.74. The fourth-order valence-electron chi connectivity index (χ4n) is 5.12. The number of H-pyrrole nitrogens is 1. The molecule has 4 amide bonds. The van der Waals surface area contributed by atoms with Crippen molar-refractivity contribution < 1.29 is 19.5 Å². The summed E-state index contributed by atoms with van der Waals surface area (Å²) in [5.74, 6) is -0.590. The maximum atomic E-state index is 13.7. The van der Waals surface area contributed by atoms with Crippen molar-refractivity contribution in [3.8, 4) is 11.1 Å². The summed E-state index contributed by atoms with van der Waals surface area (Å²) in [6.45, 7) is 6.01. The molecule has 3 aromatic carbocycles. The van der Waals surface area contributed by atoms with Gasteiger partial charge in [0.15, 0.2) is 0 Å². The van der Waals surface area contributed by atoms with Crippen LogP contribution in [0, 0.1) is 0 Å². The minimum absolute atomic E-state index is 0.120. The van der Waals surface area contributed by atoms with Crippen molar-refractivity contribution in [3.63, 3.8) is 0 Å². The lowest BCUT2D eigenvalue weighted by Gasteiger charge is -2.28. The van der Waals surface area contributed by atoms with Gasteiger partial charge in [0.1, 0.15) is 6.04 Å². The predicted octanol–water partition coefficient (Wildman–Crippen LogP) is 4.07. The highest BCUT2D eigenvalue weighted by atomic mass is 16.3. The summed E-state index contributed by atoms with van der Waals surface area (Å²) in [4.78, 5) is 42.3. The number of fused-ring (bicyclic) bond motifs is 1. The van der Waals surface area contributed by atoms with E-state index in [1.165, 1.54) is 0 Å². The summed E-state index contributed by atoms with van der Waals surface area (Å²) in [6, 6.07) is 21.8. The zero-order valence-corrected chi connectivity index (χ0v) is 25.7. The Bertz CT molecular complexity index is 1600. The second-order valence-corrected chi connectivity index (χ2v) is 11.6. The SMILES string of the molecule is CNC(=O)Nc1ccccc1-c1ccccc1CNC(=O)[C@@H](Cc1c[nH]c2ccccc12)NC(=O)CC(C)(C)NC[C@@H](C)O. The van der Waals surface area contributed by atoms with Gasteiger partial charge in [0.2, 0.25) is 11.8 Å². The average Bonchev–Trinajstić information content (AvgIpc) is 3.41. The molecule has 7 N–H and O–H groups in total. The molecule has 0 unspecified atom stereocenters. The molecule has 10 heteroatoms. The molecule has 4 rings (SSSR count). The number of aliphatic hydroxyl groups excluding tert-OH is 1. The van der Waals surface area contributed by atoms with Crippen molar-refractivity contribution in [2.75, 3.05) is 18.9 Å². The first-order chi connectivity index (χ1) is 21.1. The number of aromatic amines is 1. The molecule has 1 aromatic heterocycles. The number of benzene rings is 3. The van der Waals surface area contributed by atoms with Crippen LogP contribution in [0.2, 0.25) is 0 Å². The number of carbonyl (C=O) groups is 3. The highest BCUT2D eigenvalue weighted by Crippen LogP contribution is 2.30. The third kappa shape index (κ3) is 8.68. The number of aliphatic hydroxyl groups is 1. The van der Waals surface area contributed by atoms with E-state index in [1.54, 1.807) is 14.0 Å². The Balaban J connectivity index is 1.54. The number of carbonyl (C=O) groups excluding carboxylic acids is 3. The smallest absolute Gasteiger partial charge is 0.318 e. The number of aromatic nitrogens is 1. The van der Waals surface area contributed by atoms with Crippen molar-refractivity contribution in [2.24, 2.45) is 0 Å². The molecular formula is C34H42N6O4. The standard InChI is InChI=1S/C34H42N6O4/c1-22(41)19-38-34(2,3)18-31(42)39-30(17-24-21-36-28-15-9-7-13-26(24)28)32(43)37-20-23-11-5-6-12-25(23)27-14-8-10-16-29(27)40-33(44)35-4/h5-16,21-22,30,36,38,41H,17-20H2,1-4H3,(H,37,43)(H,39,42)(H2,35,40,44)/t22-,30-/m1/s1. The number of hydrogen-bond donors (Lipinski definition) is 7. The number of nitrogens with one attached hydrogen (secondary N) is 6. The van der Waals surface area contributed by atoms with Crippen molar-refractivity contribution in [1.82, 2.24) is 26.3 Å². The van der Waals surface area contributed by atoms with Gasteiger partial charge < -0.3 is 36.7 Å². The average molecular weight is 599 g/mol. The molecule has 0 radical (unpaired) electrons. The lowest BCUT2D eigenvalue weighted by Crippen LogP contribution is -2.51. The second-order valence-electron chi connectivity index (χ2n) is 11.6. The monoisotopic (exact) mass is 598 g/mol. The van der Waals surface area contributed by atoms with E-state index in [2.05, 4.69) is 31.6 Å². The number of anilines is 1. The van der Waals surface area contributed by atoms with Crippen LogP contribution in [0.3, 0.4) is 0 Å². The van der Waals surface area contributed by atoms with Gasteiger partial charge >= 0.3 is 6.03 Å². The van der Waals surface area contributed by atoms with Gasteiger partial charge in [-0.05, 0) is 49.6 Å². The summed E-state index contributed by atoms with van der Waals surface area (Å²) in [5.41, 5.74) is 4.46. The summed E-state index contributed by atoms with van der Waals surface area (Å²) < 4.78 is 0. The largest absolute Gasteiger partial charge is 0.392 e. The lowest BCUT2D eigenvalue weighted by molar-refractivity contribution is -0.129. The topological polar surface area (TPSA) is 147 Å². The number of amides is 4. The van der Waals surface area contributed by atoms with Gasteiger partial charge in [-0.25, -0.2) is 4.79 Å². The van der Waals surface area contributed by atoms with Crippen LogP contribution in [0.4, 0.5) is 10.5 Å². The quantitative estimate of drug-likeness (QED) is 0.124. The first-order valence-corrected chi connectivity index (χ1v) is 14.8. The predicted molar refractivity (Wildman–Crippen MR) is 174 cm³/mol. The number of para-hydroxylation sites is 2. The molecule has 0 aliphatic heterocycles. The van der Waals surface area contributed by atoms with Crippen molar-refractivity contribution in [3.05, 3.63) is 90.1 Å². The zero-order chi connectivity index (χ0) is 31.7. The van der Waals surface area contributed by atoms with Crippen LogP contribution in [0.15, 0.2) is 79.0 Å². The van der Waals surface area contributed by atoms with Gasteiger partial charge in [-0.3, -0.25) is 9.59 Å². The first-order valence-electron chi connectivity index (χ1n) is 14.8. The molecule has 0 spiro atoms. The molecule has 44 heavy (non-hydrogen) atoms. The Hall–Kier alpha value is -4.67. The Labute approximate surface area is 258 Å². The van der Waals surface area contributed by atoms with E-state index >= 15 is 0 Å². The van der Waals surface area contributed by atoms with E-state index in [0.717, 1.165) is 33.2 Å². The fourth-order valence-corrected chi connectivity index (χ4v) is 5.12. The number of β-amino-alcohol motifs (C(OH)–C–C–N with tert-alkyl or cyclic N) is 1. The van der Waals surface area contributed by atoms with Crippen molar-refractivity contribution in [1.29, 1.82) is 0 Å². The maximum absolute atomic E-state index is 13.7. The molecule has 10 nitrogen and oxygen atoms in total. The molecule has 0 aliphatic rings. The van der Waals surface area contributed by atoms with Crippen LogP contribution in [0.25, 0.3) is 22.0 Å². The van der Waals surface area contributed by atoms with Gasteiger partial charge in [-0.15, -0.1) is 0 Å². The van der Waals surface area contributed by atoms with E-state index < -0.39 is 17.7 Å². The number of hydrogen-bond acceptors (Lipinski definition) is 5. The molecule has 0 saturated carbocycles. The number of rotatable bonds is 13. The van der Waals surface area contributed by atoms with Gasteiger partial charge in [0.05, 0.1) is 11.8 Å². The molecule has 0 bridgehead atoms. The molecule has 232 valence electrons. The van der Waals surface area contributed by atoms with Crippen molar-refractivity contribution >= 4 is 34.4 Å². The minimum atomic E-state index is -0.830. The number of urea groups is 1. The molecule has 0 saturated heterocycles. The Morgan fingerprint density at radius 1 is 0.909 bits per heavy atom. The van der Waals surface area contributed by atoms with Crippen LogP contribution < -0.4 is 26.6 Å². The van der Waals surface area contributed by atoms with Crippen LogP contribution >= 0.6 is 0 Å². The van der Waals surface area contributed by atoms with E-state index in [4.69, 9.17) is 0 Å². The second kappa shape index (κ2) is 14.7. The Morgan fingerprint density at radius 2 is 1.59 bits per heavy atom. The molecule has 2 atom stereocenters. The Morgan fingerprint density at radius 3 is 2.34 bits per heavy atom. The molecule has 1 heterocycles. The van der Waals surface area contributed by atoms with Gasteiger partial charge in [0, 0.05) is 61.2 Å². The summed E-state index contributed by atoms with van der Waals surface area (Å²) in [5, 5.41) is 25.3. The third-order valence-corrected chi connectivity index (χ3v) is 7.39. The van der Waals surface area contributed by atoms with Gasteiger partial charge in [0.25, 0.3) is 0 Å². The van der Waals surface area contributed by atoms with Crippen LogP contribution in [-0.2, 0) is 22.6 Å². The van der Waals surface area contributed by atoms with Crippen LogP contribution in [0.1, 0.15) is 38.3 Å². The molecule has 0 fully saturated rings. The molecule has 4 aromatic rings. The molecule has 0 aliphatic carbocycles. The van der Waals surface area contributed by atoms with Gasteiger partial charge in [-0.1, -0.05) is 60.7 Å². The van der Waals surface area contributed by atoms with Crippen molar-refractivity contribution in [2.45, 2.75) is 57.8 Å². The third-order valence-electron chi connectivity index (χ3n) is 7.39. The van der Waals surface area contributed by atoms with Gasteiger partial charge in [-0.2, -0.15) is 0 Å². The van der Waals surface area contributed by atoms with E-state index in [9.17, 15) is 19.5 Å². The highest BCUT2D eigenvalue weighted by Gasteiger charge is 2.27. The first kappa shape index (κ1) is 32.2.